The quantitative estimate of drug-likeness (QED) is 0.241. The molecule has 0 atom stereocenters. The van der Waals surface area contributed by atoms with Crippen molar-refractivity contribution in [2.24, 2.45) is 0 Å². The van der Waals surface area contributed by atoms with Gasteiger partial charge in [-0.15, -0.1) is 0 Å². The molecule has 99 valence electrons. The molecule has 12 nitrogen and oxygen atoms in total. The van der Waals surface area contributed by atoms with Crippen LogP contribution in [0.15, 0.2) is 0 Å². The van der Waals surface area contributed by atoms with Crippen LogP contribution in [0.5, 0.6) is 0 Å². The van der Waals surface area contributed by atoms with Crippen molar-refractivity contribution in [3.8, 4) is 0 Å². The molecule has 0 heterocycles. The van der Waals surface area contributed by atoms with E-state index in [2.05, 4.69) is 0 Å². The van der Waals surface area contributed by atoms with E-state index in [1.807, 2.05) is 0 Å². The maximum atomic E-state index is 8.58. The summed E-state index contributed by atoms with van der Waals surface area (Å²) in [5.41, 5.74) is 0. The second kappa shape index (κ2) is 13.4. The first kappa shape index (κ1) is 31.7. The molecule has 0 unspecified atom stereocenters. The van der Waals surface area contributed by atoms with Crippen molar-refractivity contribution in [3.05, 3.63) is 0 Å². The van der Waals surface area contributed by atoms with Crippen LogP contribution in [0.1, 0.15) is 0 Å². The molecule has 0 rings (SSSR count). The van der Waals surface area contributed by atoms with E-state index in [9.17, 15) is 0 Å². The standard InChI is InChI=1S/La.3Mn.12O.Y/q+3;;;;;;;;;;6*-1;+3. The minimum absolute atomic E-state index is 0. The molecule has 0 N–H and O–H groups in total. The molecule has 0 saturated carbocycles. The summed E-state index contributed by atoms with van der Waals surface area (Å²) in [6, 6.07) is 0. The van der Waals surface area contributed by atoms with Crippen molar-refractivity contribution >= 4 is 0 Å². The maximum Gasteiger partial charge on any atom is 3.00 e. The molecule has 17 heteroatoms. The minimum atomic E-state index is -5.62. The summed E-state index contributed by atoms with van der Waals surface area (Å²) in [6.07, 6.45) is 0. The van der Waals surface area contributed by atoms with E-state index >= 15 is 0 Å². The van der Waals surface area contributed by atoms with Crippen molar-refractivity contribution in [1.82, 2.24) is 0 Å². The summed E-state index contributed by atoms with van der Waals surface area (Å²) < 4.78 is 103. The van der Waals surface area contributed by atoms with Gasteiger partial charge >= 0.3 is 157 Å². The molecule has 0 spiro atoms. The van der Waals surface area contributed by atoms with E-state index in [1.165, 1.54) is 0 Å². The Kier molecular flexibility index (Phi) is 25.0. The molecule has 0 aromatic rings. The Labute approximate surface area is 154 Å². The Hall–Kier alpha value is 2.42. The summed E-state index contributed by atoms with van der Waals surface area (Å²) in [6.45, 7) is 0. The van der Waals surface area contributed by atoms with Crippen LogP contribution in [0.25, 0.3) is 0 Å². The Balaban J connectivity index is -0.0000000400. The van der Waals surface area contributed by atoms with Gasteiger partial charge in [0.15, 0.2) is 0 Å². The van der Waals surface area contributed by atoms with Crippen molar-refractivity contribution in [2.75, 3.05) is 0 Å². The molecule has 0 bridgehead atoms. The zero-order valence-electron chi connectivity index (χ0n) is 7.19. The maximum absolute atomic E-state index is 8.58. The van der Waals surface area contributed by atoms with Crippen LogP contribution < -0.4 is 25.1 Å². The van der Waals surface area contributed by atoms with Crippen LogP contribution in [0.2, 0.25) is 0 Å². The average molecular weight is 585 g/mol. The smallest absolute Gasteiger partial charge is 3.00 e. The van der Waals surface area contributed by atoms with Gasteiger partial charge in [-0.3, -0.25) is 0 Å². The van der Waals surface area contributed by atoms with Crippen molar-refractivity contribution in [1.29, 1.82) is 0 Å². The first-order valence-corrected chi connectivity index (χ1v) is 7.63. The van der Waals surface area contributed by atoms with Gasteiger partial charge < -0.3 is 0 Å². The third-order valence-corrected chi connectivity index (χ3v) is 0. The number of rotatable bonds is 0. The molecule has 0 amide bonds. The minimum Gasteiger partial charge on any atom is 3.00 e. The molecule has 17 heavy (non-hydrogen) atoms. The van der Waals surface area contributed by atoms with E-state index in [0.29, 0.717) is 0 Å². The Morgan fingerprint density at radius 1 is 0.471 bits per heavy atom. The summed E-state index contributed by atoms with van der Waals surface area (Å²) in [4.78, 5) is 0. The summed E-state index contributed by atoms with van der Waals surface area (Å²) in [7, 11) is 0. The zero-order valence-corrected chi connectivity index (χ0v) is 17.2. The SMILES string of the molecule is [La+3].[O]=[Mn](=[O])([O-])[O-].[O]=[Mn](=[O])([O-])[O-].[O]=[Mn](=[O])([O-])[O-].[Y+3]. The first-order chi connectivity index (χ1) is 6.00. The van der Waals surface area contributed by atoms with E-state index in [1.54, 1.807) is 0 Å². The fourth-order valence-electron chi connectivity index (χ4n) is 0. The molecular formula is LaMn3O12Y. The number of hydrogen-bond donors (Lipinski definition) is 0. The first-order valence-electron chi connectivity index (χ1n) is 1.85. The van der Waals surface area contributed by atoms with Gasteiger partial charge in [0.2, 0.25) is 0 Å². The van der Waals surface area contributed by atoms with E-state index < -0.39 is 40.1 Å². The number of hydrogen-bond acceptors (Lipinski definition) is 12. The van der Waals surface area contributed by atoms with Gasteiger partial charge in [0.25, 0.3) is 0 Å². The summed E-state index contributed by atoms with van der Waals surface area (Å²) in [5, 5.41) is 0. The van der Waals surface area contributed by atoms with Crippen molar-refractivity contribution < 1.29 is 157 Å². The Bertz CT molecular complexity index is 343. The fraction of sp³-hybridized carbons (Fsp3) is 0. The third-order valence-electron chi connectivity index (χ3n) is 0. The normalized spacial score (nSPS) is 10.2. The van der Waals surface area contributed by atoms with Crippen LogP contribution in [0, 0.1) is 35.6 Å². The topological polar surface area (TPSA) is 241 Å². The molecule has 0 aliphatic carbocycles. The van der Waals surface area contributed by atoms with Crippen molar-refractivity contribution in [3.63, 3.8) is 0 Å². The van der Waals surface area contributed by atoms with Gasteiger partial charge in [0.1, 0.15) is 0 Å². The third kappa shape index (κ3) is 850. The largest absolute Gasteiger partial charge is 3.00 e. The van der Waals surface area contributed by atoms with E-state index in [-0.39, 0.29) is 68.3 Å². The molecule has 0 saturated heterocycles. The fourth-order valence-corrected chi connectivity index (χ4v) is 0. The predicted octanol–water partition coefficient (Wildman–Crippen LogP) is -7.86. The molecule has 0 aliphatic heterocycles. The van der Waals surface area contributed by atoms with E-state index in [0.717, 1.165) is 0 Å². The van der Waals surface area contributed by atoms with Crippen LogP contribution in [0.3, 0.4) is 0 Å². The monoisotopic (exact) mass is 585 g/mol. The van der Waals surface area contributed by atoms with Crippen LogP contribution in [-0.2, 0) is 95.8 Å². The molecule has 0 aromatic carbocycles. The van der Waals surface area contributed by atoms with Gasteiger partial charge in [-0.1, -0.05) is 0 Å². The van der Waals surface area contributed by atoms with Gasteiger partial charge in [-0.2, -0.15) is 0 Å². The molecular weight excluding hydrogens is 585 g/mol. The van der Waals surface area contributed by atoms with Gasteiger partial charge in [-0.25, -0.2) is 0 Å². The zero-order chi connectivity index (χ0) is 13.5. The van der Waals surface area contributed by atoms with Gasteiger partial charge in [-0.05, 0) is 0 Å². The summed E-state index contributed by atoms with van der Waals surface area (Å²) in [5.74, 6) is 0. The van der Waals surface area contributed by atoms with Crippen molar-refractivity contribution in [2.45, 2.75) is 0 Å². The molecule has 0 fully saturated rings. The molecule has 0 radical (unpaired) electrons. The van der Waals surface area contributed by atoms with Gasteiger partial charge in [0.05, 0.1) is 0 Å². The second-order valence-electron chi connectivity index (χ2n) is 1.13. The molecule has 0 aliphatic rings. The van der Waals surface area contributed by atoms with Gasteiger partial charge in [0, 0.05) is 0 Å². The molecule has 0 aromatic heterocycles. The average Bonchev–Trinajstić information content (AvgIpc) is 1.41. The van der Waals surface area contributed by atoms with Crippen LogP contribution >= 0.6 is 0 Å². The van der Waals surface area contributed by atoms with Crippen LogP contribution in [-0.4, -0.2) is 0 Å². The Morgan fingerprint density at radius 2 is 0.471 bits per heavy atom. The Morgan fingerprint density at radius 3 is 0.471 bits per heavy atom. The summed E-state index contributed by atoms with van der Waals surface area (Å²) >= 11 is -16.9. The second-order valence-corrected chi connectivity index (χ2v) is 4.68. The van der Waals surface area contributed by atoms with E-state index in [4.69, 9.17) is 48.1 Å². The van der Waals surface area contributed by atoms with Crippen LogP contribution in [0.4, 0.5) is 0 Å². The predicted molar refractivity (Wildman–Crippen MR) is 4.12 cm³/mol.